The van der Waals surface area contributed by atoms with Gasteiger partial charge in [-0.3, -0.25) is 0 Å². The number of benzene rings is 1. The highest BCUT2D eigenvalue weighted by Gasteiger charge is 2.39. The summed E-state index contributed by atoms with van der Waals surface area (Å²) >= 11 is 2.26. The fourth-order valence-electron chi connectivity index (χ4n) is 2.86. The van der Waals surface area contributed by atoms with E-state index < -0.39 is 17.7 Å². The maximum absolute atomic E-state index is 12.1. The Morgan fingerprint density at radius 1 is 1.04 bits per heavy atom. The second-order valence-electron chi connectivity index (χ2n) is 6.38. The summed E-state index contributed by atoms with van der Waals surface area (Å²) in [6.45, 7) is 6.98. The molecule has 0 radical (unpaired) electrons. The molecule has 5 nitrogen and oxygen atoms in total. The number of ether oxygens (including phenoxy) is 2. The molecule has 0 N–H and O–H groups in total. The zero-order valence-electron chi connectivity index (χ0n) is 14.4. The number of cyclic esters (lactones) is 2. The van der Waals surface area contributed by atoms with Crippen molar-refractivity contribution < 1.29 is 19.1 Å². The molecule has 1 saturated heterocycles. The van der Waals surface area contributed by atoms with Gasteiger partial charge in [0.2, 0.25) is 0 Å². The SMILES string of the molecule is Cc1cc(C=C2C(=O)OC(C)(C)OC2=O)c(C)n1-c1ccc(I)cc1. The molecule has 3 rings (SSSR count). The Morgan fingerprint density at radius 3 is 2.16 bits per heavy atom. The minimum Gasteiger partial charge on any atom is -0.419 e. The molecule has 0 atom stereocenters. The summed E-state index contributed by atoms with van der Waals surface area (Å²) in [6, 6.07) is 10.1. The summed E-state index contributed by atoms with van der Waals surface area (Å²) < 4.78 is 13.5. The van der Waals surface area contributed by atoms with Crippen molar-refractivity contribution in [3.8, 4) is 5.69 Å². The van der Waals surface area contributed by atoms with Gasteiger partial charge < -0.3 is 14.0 Å². The molecule has 130 valence electrons. The highest BCUT2D eigenvalue weighted by molar-refractivity contribution is 14.1. The number of aromatic nitrogens is 1. The van der Waals surface area contributed by atoms with Crippen LogP contribution in [0.2, 0.25) is 0 Å². The van der Waals surface area contributed by atoms with E-state index in [4.69, 9.17) is 9.47 Å². The van der Waals surface area contributed by atoms with E-state index in [1.54, 1.807) is 0 Å². The van der Waals surface area contributed by atoms with Gasteiger partial charge in [-0.05, 0) is 78.4 Å². The Labute approximate surface area is 159 Å². The summed E-state index contributed by atoms with van der Waals surface area (Å²) in [5.41, 5.74) is 3.64. The predicted octanol–water partition coefficient (Wildman–Crippen LogP) is 3.92. The summed E-state index contributed by atoms with van der Waals surface area (Å²) in [5, 5.41) is 0. The molecular weight excluding hydrogens is 433 g/mol. The summed E-state index contributed by atoms with van der Waals surface area (Å²) in [5.74, 6) is -2.57. The monoisotopic (exact) mass is 451 g/mol. The second kappa shape index (κ2) is 6.33. The number of rotatable bonds is 2. The molecule has 2 heterocycles. The molecule has 0 amide bonds. The van der Waals surface area contributed by atoms with Crippen LogP contribution >= 0.6 is 22.6 Å². The van der Waals surface area contributed by atoms with Gasteiger partial charge in [0.1, 0.15) is 5.57 Å². The topological polar surface area (TPSA) is 57.5 Å². The largest absolute Gasteiger partial charge is 0.419 e. The van der Waals surface area contributed by atoms with E-state index in [0.29, 0.717) is 0 Å². The van der Waals surface area contributed by atoms with Crippen LogP contribution in [0.3, 0.4) is 0 Å². The lowest BCUT2D eigenvalue weighted by molar-refractivity contribution is -0.222. The lowest BCUT2D eigenvalue weighted by atomic mass is 10.1. The van der Waals surface area contributed by atoms with Crippen molar-refractivity contribution in [1.29, 1.82) is 0 Å². The number of hydrogen-bond acceptors (Lipinski definition) is 4. The van der Waals surface area contributed by atoms with E-state index in [-0.39, 0.29) is 5.57 Å². The normalized spacial score (nSPS) is 16.4. The van der Waals surface area contributed by atoms with E-state index in [1.807, 2.05) is 44.2 Å². The first-order valence-corrected chi connectivity index (χ1v) is 8.89. The van der Waals surface area contributed by atoms with Crippen molar-refractivity contribution in [2.45, 2.75) is 33.5 Å². The molecule has 0 bridgehead atoms. The van der Waals surface area contributed by atoms with Crippen molar-refractivity contribution in [3.05, 3.63) is 56.4 Å². The molecule has 1 aliphatic rings. The lowest BCUT2D eigenvalue weighted by Gasteiger charge is -2.29. The third-order valence-electron chi connectivity index (χ3n) is 3.97. The van der Waals surface area contributed by atoms with Crippen LogP contribution in [0, 0.1) is 17.4 Å². The third-order valence-corrected chi connectivity index (χ3v) is 4.69. The van der Waals surface area contributed by atoms with Crippen LogP contribution in [-0.2, 0) is 19.1 Å². The molecule has 2 aromatic rings. The van der Waals surface area contributed by atoms with Gasteiger partial charge in [0.05, 0.1) is 0 Å². The molecule has 0 unspecified atom stereocenters. The number of esters is 2. The molecule has 0 spiro atoms. The van der Waals surface area contributed by atoms with E-state index in [0.717, 1.165) is 26.2 Å². The lowest BCUT2D eigenvalue weighted by Crippen LogP contribution is -2.41. The first kappa shape index (κ1) is 17.7. The zero-order chi connectivity index (χ0) is 18.4. The van der Waals surface area contributed by atoms with Crippen LogP contribution in [0.1, 0.15) is 30.8 Å². The summed E-state index contributed by atoms with van der Waals surface area (Å²) in [7, 11) is 0. The maximum Gasteiger partial charge on any atom is 0.348 e. The number of halogens is 1. The van der Waals surface area contributed by atoms with Crippen LogP contribution in [0.4, 0.5) is 0 Å². The molecule has 0 saturated carbocycles. The third kappa shape index (κ3) is 3.49. The molecular formula is C19H18INO4. The van der Waals surface area contributed by atoms with Crippen molar-refractivity contribution >= 4 is 40.6 Å². The van der Waals surface area contributed by atoms with Crippen molar-refractivity contribution in [2.75, 3.05) is 0 Å². The van der Waals surface area contributed by atoms with Crippen LogP contribution in [0.5, 0.6) is 0 Å². The molecule has 25 heavy (non-hydrogen) atoms. The van der Waals surface area contributed by atoms with Gasteiger partial charge in [0, 0.05) is 34.5 Å². The van der Waals surface area contributed by atoms with Gasteiger partial charge in [-0.15, -0.1) is 0 Å². The van der Waals surface area contributed by atoms with Crippen molar-refractivity contribution in [1.82, 2.24) is 4.57 Å². The van der Waals surface area contributed by atoms with Crippen LogP contribution < -0.4 is 0 Å². The Kier molecular flexibility index (Phi) is 4.49. The average Bonchev–Trinajstić information content (AvgIpc) is 2.77. The summed E-state index contributed by atoms with van der Waals surface area (Å²) in [4.78, 5) is 24.3. The van der Waals surface area contributed by atoms with Gasteiger partial charge >= 0.3 is 11.9 Å². The van der Waals surface area contributed by atoms with Gasteiger partial charge in [-0.25, -0.2) is 9.59 Å². The number of carbonyl (C=O) groups excluding carboxylic acids is 2. The standard InChI is InChI=1S/C19H18INO4/c1-11-9-13(10-16-17(22)24-19(3,4)25-18(16)23)12(2)21(11)15-7-5-14(20)6-8-15/h5-10H,1-4H3. The van der Waals surface area contributed by atoms with Gasteiger partial charge in [0.15, 0.2) is 0 Å². The fraction of sp³-hybridized carbons (Fsp3) is 0.263. The van der Waals surface area contributed by atoms with Crippen molar-refractivity contribution in [2.24, 2.45) is 0 Å². The van der Waals surface area contributed by atoms with E-state index in [2.05, 4.69) is 27.2 Å². The molecule has 1 aromatic carbocycles. The van der Waals surface area contributed by atoms with Crippen LogP contribution in [0.15, 0.2) is 35.9 Å². The van der Waals surface area contributed by atoms with Gasteiger partial charge in [0.25, 0.3) is 5.79 Å². The second-order valence-corrected chi connectivity index (χ2v) is 7.62. The maximum atomic E-state index is 12.1. The van der Waals surface area contributed by atoms with E-state index >= 15 is 0 Å². The number of carbonyl (C=O) groups is 2. The minimum atomic E-state index is -1.23. The Morgan fingerprint density at radius 2 is 1.60 bits per heavy atom. The Hall–Kier alpha value is -2.09. The highest BCUT2D eigenvalue weighted by atomic mass is 127. The zero-order valence-corrected chi connectivity index (χ0v) is 16.6. The first-order valence-electron chi connectivity index (χ1n) is 7.81. The highest BCUT2D eigenvalue weighted by Crippen LogP contribution is 2.27. The van der Waals surface area contributed by atoms with Gasteiger partial charge in [-0.2, -0.15) is 0 Å². The minimum absolute atomic E-state index is 0.0952. The Balaban J connectivity index is 2.02. The van der Waals surface area contributed by atoms with Crippen molar-refractivity contribution in [3.63, 3.8) is 0 Å². The van der Waals surface area contributed by atoms with E-state index in [1.165, 1.54) is 19.9 Å². The molecule has 1 aromatic heterocycles. The first-order chi connectivity index (χ1) is 11.7. The van der Waals surface area contributed by atoms with Crippen LogP contribution in [-0.4, -0.2) is 22.3 Å². The number of nitrogens with zero attached hydrogens (tertiary/aromatic N) is 1. The van der Waals surface area contributed by atoms with E-state index in [9.17, 15) is 9.59 Å². The number of hydrogen-bond donors (Lipinski definition) is 0. The summed E-state index contributed by atoms with van der Waals surface area (Å²) in [6.07, 6.45) is 1.53. The smallest absolute Gasteiger partial charge is 0.348 e. The molecule has 6 heteroatoms. The molecule has 0 aliphatic carbocycles. The fourth-order valence-corrected chi connectivity index (χ4v) is 3.21. The Bertz CT molecular complexity index is 869. The molecule has 1 aliphatic heterocycles. The molecule has 1 fully saturated rings. The number of aryl methyl sites for hydroxylation is 1. The quantitative estimate of drug-likeness (QED) is 0.301. The van der Waals surface area contributed by atoms with Gasteiger partial charge in [-0.1, -0.05) is 0 Å². The predicted molar refractivity (Wildman–Crippen MR) is 102 cm³/mol. The average molecular weight is 451 g/mol. The van der Waals surface area contributed by atoms with Crippen LogP contribution in [0.25, 0.3) is 11.8 Å².